The fourth-order valence-electron chi connectivity index (χ4n) is 1.70. The first kappa shape index (κ1) is 16.4. The summed E-state index contributed by atoms with van der Waals surface area (Å²) in [6.07, 6.45) is 3.75. The molecule has 0 saturated carbocycles. The number of carbonyl (C=O) groups is 2. The lowest BCUT2D eigenvalue weighted by atomic mass is 10.1. The fourth-order valence-corrected chi connectivity index (χ4v) is 2.07. The summed E-state index contributed by atoms with van der Waals surface area (Å²) < 4.78 is 0.185. The van der Waals surface area contributed by atoms with Crippen LogP contribution >= 0.6 is 15.9 Å². The van der Waals surface area contributed by atoms with Crippen LogP contribution in [0.15, 0.2) is 45.9 Å². The van der Waals surface area contributed by atoms with Crippen molar-refractivity contribution in [2.45, 2.75) is 0 Å². The lowest BCUT2D eigenvalue weighted by molar-refractivity contribution is -0.394. The molecule has 1 aromatic rings. The topological polar surface area (TPSA) is 133 Å². The van der Waals surface area contributed by atoms with Crippen molar-refractivity contribution in [2.75, 3.05) is 0 Å². The first-order valence-electron chi connectivity index (χ1n) is 5.95. The Hall–Kier alpha value is -3.01. The van der Waals surface area contributed by atoms with Crippen LogP contribution in [0.3, 0.4) is 0 Å². The number of nitro benzene ring substituents is 2. The standard InChI is InChI=1S/C13H6BrN3O6/c14-10-5-7(1-4-12(10)18)15-13(19)9-3-2-8(16(20)21)6-11(9)17(22)23/h1-6H. The summed E-state index contributed by atoms with van der Waals surface area (Å²) in [7, 11) is 0. The lowest BCUT2D eigenvalue weighted by Crippen LogP contribution is -2.08. The predicted octanol–water partition coefficient (Wildman–Crippen LogP) is 2.50. The van der Waals surface area contributed by atoms with Crippen molar-refractivity contribution in [3.05, 3.63) is 66.7 Å². The summed E-state index contributed by atoms with van der Waals surface area (Å²) in [5.74, 6) is -1.25. The SMILES string of the molecule is O=C1C=CC(=NC(=O)c2ccc([N+](=O)[O-])cc2[N+](=O)[O-])C=C1Br. The molecule has 0 bridgehead atoms. The highest BCUT2D eigenvalue weighted by molar-refractivity contribution is 9.12. The number of non-ortho nitro benzene ring substituents is 1. The van der Waals surface area contributed by atoms with Gasteiger partial charge in [-0.05, 0) is 40.2 Å². The van der Waals surface area contributed by atoms with Gasteiger partial charge in [-0.1, -0.05) is 0 Å². The predicted molar refractivity (Wildman–Crippen MR) is 82.7 cm³/mol. The van der Waals surface area contributed by atoms with Crippen molar-refractivity contribution in [1.82, 2.24) is 0 Å². The van der Waals surface area contributed by atoms with E-state index in [9.17, 15) is 29.8 Å². The zero-order chi connectivity index (χ0) is 17.1. The fraction of sp³-hybridized carbons (Fsp3) is 0. The number of ketones is 1. The van der Waals surface area contributed by atoms with Gasteiger partial charge < -0.3 is 0 Å². The normalized spacial score (nSPS) is 15.4. The number of nitrogens with zero attached hydrogens (tertiary/aromatic N) is 3. The highest BCUT2D eigenvalue weighted by Crippen LogP contribution is 2.25. The maximum absolute atomic E-state index is 12.1. The molecule has 0 spiro atoms. The minimum Gasteiger partial charge on any atom is -0.289 e. The van der Waals surface area contributed by atoms with Crippen molar-refractivity contribution in [2.24, 2.45) is 4.99 Å². The minimum absolute atomic E-state index is 0.120. The average molecular weight is 380 g/mol. The molecule has 1 aromatic carbocycles. The summed E-state index contributed by atoms with van der Waals surface area (Å²) in [6, 6.07) is 2.64. The number of benzene rings is 1. The maximum atomic E-state index is 12.1. The van der Waals surface area contributed by atoms with Crippen molar-refractivity contribution in [3.63, 3.8) is 0 Å². The maximum Gasteiger partial charge on any atom is 0.289 e. The van der Waals surface area contributed by atoms with E-state index >= 15 is 0 Å². The number of allylic oxidation sites excluding steroid dienone is 4. The number of amides is 1. The van der Waals surface area contributed by atoms with Crippen molar-refractivity contribution >= 4 is 44.7 Å². The molecule has 1 aliphatic carbocycles. The molecule has 10 heteroatoms. The molecule has 0 saturated heterocycles. The largest absolute Gasteiger partial charge is 0.289 e. The Morgan fingerprint density at radius 1 is 1.13 bits per heavy atom. The molecule has 1 amide bonds. The van der Waals surface area contributed by atoms with Gasteiger partial charge in [-0.2, -0.15) is 0 Å². The van der Waals surface area contributed by atoms with Crippen molar-refractivity contribution < 1.29 is 19.4 Å². The van der Waals surface area contributed by atoms with Crippen LogP contribution < -0.4 is 0 Å². The summed E-state index contributed by atoms with van der Waals surface area (Å²) in [5.41, 5.74) is -1.49. The van der Waals surface area contributed by atoms with E-state index in [-0.39, 0.29) is 21.5 Å². The monoisotopic (exact) mass is 379 g/mol. The van der Waals surface area contributed by atoms with E-state index in [1.807, 2.05) is 0 Å². The van der Waals surface area contributed by atoms with E-state index in [1.165, 1.54) is 18.2 Å². The summed E-state index contributed by atoms with van der Waals surface area (Å²) >= 11 is 2.99. The molecule has 23 heavy (non-hydrogen) atoms. The smallest absolute Gasteiger partial charge is 0.289 e. The number of hydrogen-bond donors (Lipinski definition) is 0. The summed E-state index contributed by atoms with van der Waals surface area (Å²) in [4.78, 5) is 46.9. The number of rotatable bonds is 3. The lowest BCUT2D eigenvalue weighted by Gasteiger charge is -2.03. The Kier molecular flexibility index (Phi) is 4.55. The Morgan fingerprint density at radius 3 is 2.39 bits per heavy atom. The third kappa shape index (κ3) is 3.61. The molecule has 0 aromatic heterocycles. The van der Waals surface area contributed by atoms with Crippen LogP contribution in [0.1, 0.15) is 10.4 Å². The third-order valence-electron chi connectivity index (χ3n) is 2.77. The zero-order valence-corrected chi connectivity index (χ0v) is 12.7. The van der Waals surface area contributed by atoms with Gasteiger partial charge >= 0.3 is 0 Å². The summed E-state index contributed by atoms with van der Waals surface area (Å²) in [6.45, 7) is 0. The number of aliphatic imine (C=N–C) groups is 1. The molecule has 0 heterocycles. The van der Waals surface area contributed by atoms with Gasteiger partial charge in [-0.3, -0.25) is 29.8 Å². The molecule has 0 atom stereocenters. The van der Waals surface area contributed by atoms with E-state index in [0.717, 1.165) is 12.1 Å². The molecule has 1 aliphatic rings. The van der Waals surface area contributed by atoms with Crippen molar-refractivity contribution in [1.29, 1.82) is 0 Å². The summed E-state index contributed by atoms with van der Waals surface area (Å²) in [5, 5.41) is 21.6. The molecule has 0 radical (unpaired) electrons. The van der Waals surface area contributed by atoms with Gasteiger partial charge in [0.05, 0.1) is 26.1 Å². The van der Waals surface area contributed by atoms with Crippen LogP contribution in [-0.2, 0) is 4.79 Å². The van der Waals surface area contributed by atoms with E-state index in [0.29, 0.717) is 6.07 Å². The van der Waals surface area contributed by atoms with E-state index < -0.39 is 27.1 Å². The molecular weight excluding hydrogens is 374 g/mol. The van der Waals surface area contributed by atoms with Gasteiger partial charge in [0, 0.05) is 6.07 Å². The van der Waals surface area contributed by atoms with Gasteiger partial charge in [-0.15, -0.1) is 0 Å². The number of halogens is 1. The zero-order valence-electron chi connectivity index (χ0n) is 11.1. The van der Waals surface area contributed by atoms with Crippen LogP contribution in [0.5, 0.6) is 0 Å². The minimum atomic E-state index is -0.947. The number of carbonyl (C=O) groups excluding carboxylic acids is 2. The molecule has 0 aliphatic heterocycles. The van der Waals surface area contributed by atoms with E-state index in [2.05, 4.69) is 20.9 Å². The molecule has 2 rings (SSSR count). The van der Waals surface area contributed by atoms with Crippen LogP contribution in [0.2, 0.25) is 0 Å². The highest BCUT2D eigenvalue weighted by atomic mass is 79.9. The van der Waals surface area contributed by atoms with Crippen molar-refractivity contribution in [3.8, 4) is 0 Å². The van der Waals surface area contributed by atoms with Crippen LogP contribution in [-0.4, -0.2) is 27.2 Å². The Morgan fingerprint density at radius 2 is 1.83 bits per heavy atom. The molecular formula is C13H6BrN3O6. The highest BCUT2D eigenvalue weighted by Gasteiger charge is 2.24. The third-order valence-corrected chi connectivity index (χ3v) is 3.39. The quantitative estimate of drug-likeness (QED) is 0.449. The Balaban J connectivity index is 2.44. The molecule has 0 unspecified atom stereocenters. The second-order valence-electron chi connectivity index (χ2n) is 4.25. The van der Waals surface area contributed by atoms with Crippen LogP contribution in [0.4, 0.5) is 11.4 Å². The van der Waals surface area contributed by atoms with Gasteiger partial charge in [0.25, 0.3) is 17.3 Å². The molecule has 9 nitrogen and oxygen atoms in total. The van der Waals surface area contributed by atoms with Gasteiger partial charge in [0.2, 0.25) is 0 Å². The van der Waals surface area contributed by atoms with E-state index in [4.69, 9.17) is 0 Å². The van der Waals surface area contributed by atoms with Gasteiger partial charge in [0.15, 0.2) is 5.78 Å². The van der Waals surface area contributed by atoms with Crippen LogP contribution in [0, 0.1) is 20.2 Å². The average Bonchev–Trinajstić information content (AvgIpc) is 2.50. The first-order valence-corrected chi connectivity index (χ1v) is 6.74. The Bertz CT molecular complexity index is 840. The number of hydrogen-bond acceptors (Lipinski definition) is 6. The van der Waals surface area contributed by atoms with Gasteiger partial charge in [-0.25, -0.2) is 4.99 Å². The second-order valence-corrected chi connectivity index (χ2v) is 5.10. The molecule has 116 valence electrons. The molecule has 0 fully saturated rings. The second kappa shape index (κ2) is 6.40. The number of nitro groups is 2. The van der Waals surface area contributed by atoms with Gasteiger partial charge in [0.1, 0.15) is 5.56 Å². The Labute approximate surface area is 136 Å². The van der Waals surface area contributed by atoms with E-state index in [1.54, 1.807) is 0 Å². The first-order chi connectivity index (χ1) is 10.8. The van der Waals surface area contributed by atoms with Crippen LogP contribution in [0.25, 0.3) is 0 Å². The molecule has 0 N–H and O–H groups in total.